The summed E-state index contributed by atoms with van der Waals surface area (Å²) >= 11 is 0. The van der Waals surface area contributed by atoms with E-state index in [0.717, 1.165) is 16.3 Å². The van der Waals surface area contributed by atoms with Crippen LogP contribution in [0.2, 0.25) is 0 Å². The van der Waals surface area contributed by atoms with Crippen molar-refractivity contribution in [3.8, 4) is 0 Å². The van der Waals surface area contributed by atoms with E-state index in [4.69, 9.17) is 0 Å². The number of benzene rings is 1. The molecule has 0 fully saturated rings. The molecule has 0 spiro atoms. The third-order valence-corrected chi connectivity index (χ3v) is 3.84. The Morgan fingerprint density at radius 2 is 1.74 bits per heavy atom. The van der Waals surface area contributed by atoms with Crippen molar-refractivity contribution in [1.29, 1.82) is 0 Å². The molecule has 1 N–H and O–H groups in total. The molecule has 1 atom stereocenters. The van der Waals surface area contributed by atoms with Gasteiger partial charge in [0, 0.05) is 17.6 Å². The molecule has 4 heteroatoms. The van der Waals surface area contributed by atoms with Crippen molar-refractivity contribution in [2.24, 2.45) is 0 Å². The van der Waals surface area contributed by atoms with Gasteiger partial charge in [0.2, 0.25) is 0 Å². The van der Waals surface area contributed by atoms with Gasteiger partial charge in [-0.2, -0.15) is 0 Å². The van der Waals surface area contributed by atoms with Gasteiger partial charge in [-0.25, -0.2) is 13.9 Å². The fraction of sp³-hybridized carbons (Fsp3) is 0.400. The predicted molar refractivity (Wildman–Crippen MR) is 82.5 cm³/mol. The van der Waals surface area contributed by atoms with Crippen molar-refractivity contribution in [1.82, 2.24) is 9.71 Å². The SMILES string of the molecule is CC.Cc1cnc(S(=O)NC(C)C)c2ccccc12. The molecule has 2 aromatic rings. The number of hydrogen-bond acceptors (Lipinski definition) is 2. The van der Waals surface area contributed by atoms with Crippen LogP contribution >= 0.6 is 0 Å². The molecule has 2 rings (SSSR count). The fourth-order valence-corrected chi connectivity index (χ4v) is 2.79. The number of fused-ring (bicyclic) bond motifs is 1. The van der Waals surface area contributed by atoms with Gasteiger partial charge in [0.1, 0.15) is 16.0 Å². The number of pyridine rings is 1. The van der Waals surface area contributed by atoms with Crippen molar-refractivity contribution in [2.45, 2.75) is 45.7 Å². The van der Waals surface area contributed by atoms with Crippen LogP contribution in [0, 0.1) is 6.92 Å². The van der Waals surface area contributed by atoms with E-state index in [-0.39, 0.29) is 6.04 Å². The molecule has 0 aliphatic heterocycles. The largest absolute Gasteiger partial charge is 0.245 e. The zero-order chi connectivity index (χ0) is 14.4. The minimum Gasteiger partial charge on any atom is -0.245 e. The molecule has 1 aromatic heterocycles. The van der Waals surface area contributed by atoms with Gasteiger partial charge in [0.05, 0.1) is 0 Å². The van der Waals surface area contributed by atoms with Crippen LogP contribution in [0.15, 0.2) is 35.5 Å². The molecule has 0 amide bonds. The van der Waals surface area contributed by atoms with Crippen LogP contribution in [0.3, 0.4) is 0 Å². The highest BCUT2D eigenvalue weighted by atomic mass is 32.2. The fourth-order valence-electron chi connectivity index (χ4n) is 1.73. The molecule has 0 saturated heterocycles. The molecule has 104 valence electrons. The Balaban J connectivity index is 0.000000861. The average Bonchev–Trinajstić information content (AvgIpc) is 2.41. The molecule has 3 nitrogen and oxygen atoms in total. The molecular weight excluding hydrogens is 256 g/mol. The zero-order valence-electron chi connectivity index (χ0n) is 12.2. The maximum Gasteiger partial charge on any atom is 0.150 e. The standard InChI is InChI=1S/C13H16N2OS.C2H6/c1-9(2)15-17(16)13-12-7-5-4-6-11(12)10(3)8-14-13;1-2/h4-9,15H,1-3H3;1-2H3. The number of nitrogens with one attached hydrogen (secondary N) is 1. The van der Waals surface area contributed by atoms with E-state index in [9.17, 15) is 4.21 Å². The van der Waals surface area contributed by atoms with Crippen LogP contribution in [0.4, 0.5) is 0 Å². The number of hydrogen-bond donors (Lipinski definition) is 1. The first kappa shape index (κ1) is 15.8. The maximum absolute atomic E-state index is 12.1. The Kier molecular flexibility index (Phi) is 6.12. The highest BCUT2D eigenvalue weighted by Crippen LogP contribution is 2.22. The van der Waals surface area contributed by atoms with E-state index >= 15 is 0 Å². The van der Waals surface area contributed by atoms with Gasteiger partial charge in [0.25, 0.3) is 0 Å². The molecule has 0 aliphatic rings. The Labute approximate surface area is 118 Å². The summed E-state index contributed by atoms with van der Waals surface area (Å²) < 4.78 is 15.1. The quantitative estimate of drug-likeness (QED) is 0.932. The first-order valence-corrected chi connectivity index (χ1v) is 7.77. The molecule has 0 saturated carbocycles. The van der Waals surface area contributed by atoms with Gasteiger partial charge in [-0.15, -0.1) is 0 Å². The second kappa shape index (κ2) is 7.36. The minimum atomic E-state index is -1.26. The summed E-state index contributed by atoms with van der Waals surface area (Å²) in [7, 11) is -1.26. The third kappa shape index (κ3) is 3.85. The molecule has 1 aromatic carbocycles. The smallest absolute Gasteiger partial charge is 0.150 e. The molecule has 19 heavy (non-hydrogen) atoms. The lowest BCUT2D eigenvalue weighted by Gasteiger charge is -2.10. The topological polar surface area (TPSA) is 42.0 Å². The second-order valence-corrected chi connectivity index (χ2v) is 5.49. The van der Waals surface area contributed by atoms with Crippen LogP contribution < -0.4 is 4.72 Å². The number of nitrogens with zero attached hydrogens (tertiary/aromatic N) is 1. The Morgan fingerprint density at radius 1 is 1.16 bits per heavy atom. The van der Waals surface area contributed by atoms with E-state index in [1.807, 2.05) is 58.9 Å². The highest BCUT2D eigenvalue weighted by molar-refractivity contribution is 7.83. The van der Waals surface area contributed by atoms with Crippen molar-refractivity contribution in [3.05, 3.63) is 36.0 Å². The first-order valence-electron chi connectivity index (χ1n) is 6.62. The Morgan fingerprint density at radius 3 is 2.32 bits per heavy atom. The second-order valence-electron chi connectivity index (χ2n) is 4.33. The summed E-state index contributed by atoms with van der Waals surface area (Å²) in [6.45, 7) is 9.94. The van der Waals surface area contributed by atoms with Gasteiger partial charge in [-0.3, -0.25) is 0 Å². The first-order chi connectivity index (χ1) is 9.09. The summed E-state index contributed by atoms with van der Waals surface area (Å²) in [4.78, 5) is 4.30. The van der Waals surface area contributed by atoms with E-state index in [0.29, 0.717) is 5.03 Å². The molecule has 1 unspecified atom stereocenters. The van der Waals surface area contributed by atoms with Gasteiger partial charge < -0.3 is 0 Å². The van der Waals surface area contributed by atoms with Crippen molar-refractivity contribution in [2.75, 3.05) is 0 Å². The van der Waals surface area contributed by atoms with Crippen LogP contribution in [0.25, 0.3) is 10.8 Å². The Hall–Kier alpha value is -1.26. The molecule has 0 aliphatic carbocycles. The normalized spacial score (nSPS) is 12.1. The zero-order valence-corrected chi connectivity index (χ0v) is 13.0. The average molecular weight is 278 g/mol. The predicted octanol–water partition coefficient (Wildman–Crippen LogP) is 3.59. The van der Waals surface area contributed by atoms with E-state index < -0.39 is 11.0 Å². The summed E-state index contributed by atoms with van der Waals surface area (Å²) in [5.74, 6) is 0. The van der Waals surface area contributed by atoms with E-state index in [2.05, 4.69) is 9.71 Å². The monoisotopic (exact) mass is 278 g/mol. The number of aryl methyl sites for hydroxylation is 1. The highest BCUT2D eigenvalue weighted by Gasteiger charge is 2.12. The maximum atomic E-state index is 12.1. The summed E-state index contributed by atoms with van der Waals surface area (Å²) in [6.07, 6.45) is 1.78. The minimum absolute atomic E-state index is 0.165. The Bertz CT molecular complexity index is 567. The van der Waals surface area contributed by atoms with Crippen LogP contribution in [-0.2, 0) is 11.0 Å². The summed E-state index contributed by atoms with van der Waals surface area (Å²) in [6, 6.07) is 8.09. The third-order valence-electron chi connectivity index (χ3n) is 2.48. The molecule has 0 radical (unpaired) electrons. The van der Waals surface area contributed by atoms with Gasteiger partial charge >= 0.3 is 0 Å². The molecular formula is C15H22N2OS. The van der Waals surface area contributed by atoms with Crippen molar-refractivity contribution in [3.63, 3.8) is 0 Å². The molecule has 0 bridgehead atoms. The van der Waals surface area contributed by atoms with Crippen LogP contribution in [0.1, 0.15) is 33.3 Å². The van der Waals surface area contributed by atoms with E-state index in [1.54, 1.807) is 6.20 Å². The summed E-state index contributed by atoms with van der Waals surface area (Å²) in [5.41, 5.74) is 1.10. The lowest BCUT2D eigenvalue weighted by molar-refractivity contribution is 0.653. The van der Waals surface area contributed by atoms with Crippen LogP contribution in [0.5, 0.6) is 0 Å². The summed E-state index contributed by atoms with van der Waals surface area (Å²) in [5, 5.41) is 2.68. The van der Waals surface area contributed by atoms with E-state index in [1.165, 1.54) is 0 Å². The van der Waals surface area contributed by atoms with Crippen LogP contribution in [-0.4, -0.2) is 15.2 Å². The lowest BCUT2D eigenvalue weighted by atomic mass is 10.1. The van der Waals surface area contributed by atoms with Gasteiger partial charge in [0.15, 0.2) is 0 Å². The van der Waals surface area contributed by atoms with Crippen molar-refractivity contribution >= 4 is 21.8 Å². The van der Waals surface area contributed by atoms with Crippen molar-refractivity contribution < 1.29 is 4.21 Å². The number of aromatic nitrogens is 1. The van der Waals surface area contributed by atoms with Gasteiger partial charge in [-0.05, 0) is 31.7 Å². The number of rotatable bonds is 3. The lowest BCUT2D eigenvalue weighted by Crippen LogP contribution is -2.25. The van der Waals surface area contributed by atoms with Gasteiger partial charge in [-0.1, -0.05) is 38.1 Å². The molecule has 1 heterocycles.